The maximum Gasteiger partial charge on any atom is 0.473 e. The first kappa shape index (κ1) is 31.9. The number of fused-ring (bicyclic) bond motifs is 1. The standard InChI is InChI=1S/C30H36N5O7P/c1-7-41-43(37,38)42-20-35-19-27(21-10-11-31-28(16-21)40-6)26-15-23(18-32-30(26)35)22-13-24(17-25(14-22)39-5)34(4)29(36)9-8-12-33(2)3/h8-11,13-19H,7,12,20H2,1-6H3,(H,37,38)/b9-8+. The molecule has 3 aromatic heterocycles. The van der Waals surface area contributed by atoms with E-state index in [4.69, 9.17) is 23.5 Å². The first-order valence-corrected chi connectivity index (χ1v) is 14.9. The third-order valence-electron chi connectivity index (χ3n) is 6.53. The molecule has 4 rings (SSSR count). The third kappa shape index (κ3) is 7.86. The quantitative estimate of drug-likeness (QED) is 0.164. The summed E-state index contributed by atoms with van der Waals surface area (Å²) in [5.74, 6) is 0.831. The summed E-state index contributed by atoms with van der Waals surface area (Å²) in [4.78, 5) is 35.3. The van der Waals surface area contributed by atoms with Crippen molar-refractivity contribution in [1.29, 1.82) is 0 Å². The fraction of sp³-hybridized carbons (Fsp3) is 0.300. The van der Waals surface area contributed by atoms with Crippen molar-refractivity contribution in [2.45, 2.75) is 13.7 Å². The van der Waals surface area contributed by atoms with E-state index in [0.717, 1.165) is 27.6 Å². The Morgan fingerprint density at radius 2 is 1.81 bits per heavy atom. The second kappa shape index (κ2) is 13.9. The number of nitrogens with zero attached hydrogens (tertiary/aromatic N) is 5. The van der Waals surface area contributed by atoms with Crippen molar-refractivity contribution in [2.75, 3.05) is 53.4 Å². The molecule has 1 aromatic carbocycles. The average Bonchev–Trinajstić information content (AvgIpc) is 3.37. The number of amides is 1. The Morgan fingerprint density at radius 3 is 2.51 bits per heavy atom. The van der Waals surface area contributed by atoms with Gasteiger partial charge < -0.3 is 28.7 Å². The van der Waals surface area contributed by atoms with E-state index in [9.17, 15) is 14.3 Å². The highest BCUT2D eigenvalue weighted by atomic mass is 31.2. The molecule has 1 unspecified atom stereocenters. The maximum atomic E-state index is 12.9. The van der Waals surface area contributed by atoms with Gasteiger partial charge in [-0.3, -0.25) is 13.8 Å². The Morgan fingerprint density at radius 1 is 1.02 bits per heavy atom. The highest BCUT2D eigenvalue weighted by Crippen LogP contribution is 2.44. The molecule has 0 aliphatic carbocycles. The lowest BCUT2D eigenvalue weighted by molar-refractivity contribution is -0.113. The number of anilines is 1. The van der Waals surface area contributed by atoms with Crippen LogP contribution in [-0.2, 0) is 25.1 Å². The maximum absolute atomic E-state index is 12.9. The molecule has 1 atom stereocenters. The molecule has 0 spiro atoms. The van der Waals surface area contributed by atoms with Crippen molar-refractivity contribution < 1.29 is 32.8 Å². The fourth-order valence-corrected chi connectivity index (χ4v) is 5.02. The van der Waals surface area contributed by atoms with E-state index in [1.165, 1.54) is 7.11 Å². The summed E-state index contributed by atoms with van der Waals surface area (Å²) in [6, 6.07) is 11.1. The van der Waals surface area contributed by atoms with Crippen molar-refractivity contribution in [3.8, 4) is 33.9 Å². The number of carbonyl (C=O) groups excluding carboxylic acids is 1. The van der Waals surface area contributed by atoms with E-state index in [0.29, 0.717) is 29.5 Å². The molecular weight excluding hydrogens is 573 g/mol. The lowest BCUT2D eigenvalue weighted by Gasteiger charge is -2.18. The monoisotopic (exact) mass is 609 g/mol. The number of methoxy groups -OCH3 is 2. The van der Waals surface area contributed by atoms with Crippen LogP contribution in [0.1, 0.15) is 6.92 Å². The number of likely N-dealkylation sites (N-methyl/N-ethyl adjacent to an activating group) is 2. The molecule has 1 N–H and O–H groups in total. The molecule has 0 saturated heterocycles. The zero-order valence-corrected chi connectivity index (χ0v) is 25.9. The van der Waals surface area contributed by atoms with E-state index in [1.54, 1.807) is 67.3 Å². The number of hydrogen-bond acceptors (Lipinski definition) is 9. The van der Waals surface area contributed by atoms with E-state index in [-0.39, 0.29) is 19.2 Å². The van der Waals surface area contributed by atoms with Crippen molar-refractivity contribution in [3.63, 3.8) is 0 Å². The minimum atomic E-state index is -4.25. The van der Waals surface area contributed by atoms with Crippen molar-refractivity contribution >= 4 is 30.5 Å². The number of rotatable bonds is 13. The number of phosphoric acid groups is 1. The molecule has 12 nitrogen and oxygen atoms in total. The lowest BCUT2D eigenvalue weighted by atomic mass is 10.0. The van der Waals surface area contributed by atoms with Gasteiger partial charge in [0.1, 0.15) is 18.1 Å². The van der Waals surface area contributed by atoms with Crippen LogP contribution in [-0.4, -0.2) is 78.7 Å². The molecule has 0 bridgehead atoms. The summed E-state index contributed by atoms with van der Waals surface area (Å²) in [6.45, 7) is 2.01. The minimum absolute atomic E-state index is 0.0273. The van der Waals surface area contributed by atoms with Gasteiger partial charge in [-0.25, -0.2) is 14.5 Å². The zero-order chi connectivity index (χ0) is 31.1. The second-order valence-corrected chi connectivity index (χ2v) is 11.3. The first-order chi connectivity index (χ1) is 20.5. The van der Waals surface area contributed by atoms with E-state index in [2.05, 4.69) is 4.98 Å². The number of aromatic nitrogens is 3. The summed E-state index contributed by atoms with van der Waals surface area (Å²) in [5, 5.41) is 0.749. The van der Waals surface area contributed by atoms with Crippen molar-refractivity contribution in [3.05, 3.63) is 67.1 Å². The van der Waals surface area contributed by atoms with Crippen molar-refractivity contribution in [2.24, 2.45) is 0 Å². The smallest absolute Gasteiger partial charge is 0.473 e. The van der Waals surface area contributed by atoms with Crippen LogP contribution in [0, 0.1) is 0 Å². The predicted octanol–water partition coefficient (Wildman–Crippen LogP) is 4.97. The summed E-state index contributed by atoms with van der Waals surface area (Å²) in [7, 11) is 4.43. The molecule has 0 aliphatic rings. The van der Waals surface area contributed by atoms with Crippen LogP contribution in [0.25, 0.3) is 33.3 Å². The summed E-state index contributed by atoms with van der Waals surface area (Å²) >= 11 is 0. The Bertz CT molecular complexity index is 1670. The number of pyridine rings is 2. The van der Waals surface area contributed by atoms with Gasteiger partial charge in [0.25, 0.3) is 0 Å². The summed E-state index contributed by atoms with van der Waals surface area (Å²) in [5.41, 5.74) is 4.28. The Balaban J connectivity index is 1.79. The molecule has 3 heterocycles. The lowest BCUT2D eigenvalue weighted by Crippen LogP contribution is -2.24. The Kier molecular flexibility index (Phi) is 10.3. The van der Waals surface area contributed by atoms with E-state index < -0.39 is 7.82 Å². The number of hydrogen-bond donors (Lipinski definition) is 1. The molecule has 0 aliphatic heterocycles. The molecule has 228 valence electrons. The third-order valence-corrected chi connectivity index (χ3v) is 7.56. The van der Waals surface area contributed by atoms with Crippen LogP contribution in [0.5, 0.6) is 11.6 Å². The first-order valence-electron chi connectivity index (χ1n) is 13.4. The van der Waals surface area contributed by atoms with E-state index in [1.807, 2.05) is 49.3 Å². The Labute approximate surface area is 250 Å². The normalized spacial score (nSPS) is 13.0. The summed E-state index contributed by atoms with van der Waals surface area (Å²) < 4.78 is 34.8. The summed E-state index contributed by atoms with van der Waals surface area (Å²) in [6.07, 6.45) is 8.46. The highest BCUT2D eigenvalue weighted by molar-refractivity contribution is 7.47. The van der Waals surface area contributed by atoms with Gasteiger partial charge in [0.05, 0.1) is 20.8 Å². The zero-order valence-electron chi connectivity index (χ0n) is 25.1. The average molecular weight is 610 g/mol. The van der Waals surface area contributed by atoms with Crippen LogP contribution in [0.4, 0.5) is 5.69 Å². The minimum Gasteiger partial charge on any atom is -0.497 e. The molecule has 1 amide bonds. The van der Waals surface area contributed by atoms with Crippen LogP contribution in [0.2, 0.25) is 0 Å². The molecular formula is C30H36N5O7P. The van der Waals surface area contributed by atoms with Gasteiger partial charge >= 0.3 is 7.82 Å². The van der Waals surface area contributed by atoms with Crippen LogP contribution in [0.15, 0.2) is 67.1 Å². The van der Waals surface area contributed by atoms with E-state index >= 15 is 0 Å². The molecule has 4 aromatic rings. The highest BCUT2D eigenvalue weighted by Gasteiger charge is 2.22. The predicted molar refractivity (Wildman–Crippen MR) is 165 cm³/mol. The van der Waals surface area contributed by atoms with Gasteiger partial charge in [0.15, 0.2) is 0 Å². The Hall–Kier alpha value is -4.06. The molecule has 0 fully saturated rings. The van der Waals surface area contributed by atoms with Gasteiger partial charge in [-0.2, -0.15) is 0 Å². The molecule has 13 heteroatoms. The number of carbonyl (C=O) groups is 1. The van der Waals surface area contributed by atoms with Gasteiger partial charge in [0.2, 0.25) is 11.8 Å². The number of benzene rings is 1. The number of ether oxygens (including phenoxy) is 2. The van der Waals surface area contributed by atoms with Gasteiger partial charge in [0, 0.05) is 72.6 Å². The van der Waals surface area contributed by atoms with Crippen molar-refractivity contribution in [1.82, 2.24) is 19.4 Å². The van der Waals surface area contributed by atoms with Gasteiger partial charge in [-0.05, 0) is 56.4 Å². The second-order valence-electron chi connectivity index (χ2n) is 9.82. The van der Waals surface area contributed by atoms with Gasteiger partial charge in [-0.1, -0.05) is 6.08 Å². The largest absolute Gasteiger partial charge is 0.497 e. The van der Waals surface area contributed by atoms with Crippen LogP contribution >= 0.6 is 7.82 Å². The van der Waals surface area contributed by atoms with Gasteiger partial charge in [-0.15, -0.1) is 0 Å². The molecule has 0 saturated carbocycles. The fourth-order valence-electron chi connectivity index (χ4n) is 4.35. The molecule has 0 radical (unpaired) electrons. The number of phosphoric ester groups is 1. The topological polar surface area (TPSA) is 128 Å². The SMILES string of the molecule is CCOP(=O)(O)OCn1cc(-c2ccnc(OC)c2)c2cc(-c3cc(OC)cc(N(C)C(=O)/C=C/CN(C)C)c3)cnc21. The van der Waals surface area contributed by atoms with Crippen LogP contribution < -0.4 is 14.4 Å². The molecule has 43 heavy (non-hydrogen) atoms. The van der Waals surface area contributed by atoms with Crippen LogP contribution in [0.3, 0.4) is 0 Å².